The number of anilines is 3. The Morgan fingerprint density at radius 1 is 0.439 bits per heavy atom. The van der Waals surface area contributed by atoms with Crippen molar-refractivity contribution in [3.05, 3.63) is 211 Å². The van der Waals surface area contributed by atoms with Crippen molar-refractivity contribution in [1.82, 2.24) is 0 Å². The van der Waals surface area contributed by atoms with Crippen LogP contribution in [0.2, 0.25) is 0 Å². The Balaban J connectivity index is 1.01. The number of benzene rings is 9. The monoisotopic (exact) mass is 730 g/mol. The molecule has 0 fully saturated rings. The van der Waals surface area contributed by atoms with Gasteiger partial charge in [-0.25, -0.2) is 0 Å². The van der Waals surface area contributed by atoms with Crippen LogP contribution in [0.15, 0.2) is 200 Å². The van der Waals surface area contributed by atoms with Crippen LogP contribution in [0.3, 0.4) is 0 Å². The zero-order chi connectivity index (χ0) is 38.3. The van der Waals surface area contributed by atoms with Gasteiger partial charge in [-0.15, -0.1) is 0 Å². The van der Waals surface area contributed by atoms with E-state index in [1.165, 1.54) is 71.3 Å². The Hall–Kier alpha value is -7.16. The second-order valence-corrected chi connectivity index (χ2v) is 15.3. The molecule has 1 aliphatic carbocycles. The molecule has 1 unspecified atom stereocenters. The van der Waals surface area contributed by atoms with Gasteiger partial charge in [-0.1, -0.05) is 165 Å². The number of rotatable bonds is 7. The number of allylic oxidation sites excluding steroid dienone is 4. The van der Waals surface area contributed by atoms with E-state index in [1.807, 2.05) is 12.1 Å². The average molecular weight is 731 g/mol. The van der Waals surface area contributed by atoms with Gasteiger partial charge in [0.25, 0.3) is 0 Å². The van der Waals surface area contributed by atoms with Crippen molar-refractivity contribution >= 4 is 60.5 Å². The Morgan fingerprint density at radius 2 is 1.02 bits per heavy atom. The first-order valence-electron chi connectivity index (χ1n) is 19.8. The van der Waals surface area contributed by atoms with Crippen LogP contribution in [0.1, 0.15) is 24.5 Å². The highest BCUT2D eigenvalue weighted by molar-refractivity contribution is 6.13. The van der Waals surface area contributed by atoms with Crippen LogP contribution in [0.5, 0.6) is 0 Å². The first kappa shape index (κ1) is 34.3. The van der Waals surface area contributed by atoms with Gasteiger partial charge in [0.1, 0.15) is 0 Å². The van der Waals surface area contributed by atoms with Crippen molar-refractivity contribution in [2.24, 2.45) is 5.92 Å². The van der Waals surface area contributed by atoms with Gasteiger partial charge >= 0.3 is 0 Å². The van der Waals surface area contributed by atoms with Gasteiger partial charge < -0.3 is 11.1 Å². The molecule has 0 bridgehead atoms. The first-order valence-corrected chi connectivity index (χ1v) is 19.8. The lowest BCUT2D eigenvalue weighted by Crippen LogP contribution is -2.04. The molecule has 10 rings (SSSR count). The van der Waals surface area contributed by atoms with Crippen LogP contribution in [0.25, 0.3) is 76.8 Å². The van der Waals surface area contributed by atoms with Gasteiger partial charge in [-0.2, -0.15) is 0 Å². The molecule has 3 N–H and O–H groups in total. The molecule has 9 aromatic rings. The molecule has 0 aliphatic heterocycles. The summed E-state index contributed by atoms with van der Waals surface area (Å²) < 4.78 is 0. The molecule has 0 amide bonds. The lowest BCUT2D eigenvalue weighted by molar-refractivity contribution is 0.752. The third-order valence-electron chi connectivity index (χ3n) is 11.5. The quantitative estimate of drug-likeness (QED) is 0.127. The number of hydrogen-bond donors (Lipinski definition) is 2. The van der Waals surface area contributed by atoms with Crippen molar-refractivity contribution in [1.29, 1.82) is 0 Å². The van der Waals surface area contributed by atoms with Crippen LogP contribution in [0, 0.1) is 5.92 Å². The topological polar surface area (TPSA) is 38.0 Å². The third-order valence-corrected chi connectivity index (χ3v) is 11.5. The van der Waals surface area contributed by atoms with Crippen LogP contribution < -0.4 is 11.1 Å². The second-order valence-electron chi connectivity index (χ2n) is 15.3. The van der Waals surface area contributed by atoms with E-state index in [4.69, 9.17) is 5.73 Å². The SMILES string of the molecule is CC1C=C(c2cccc(-c3cccc(-c4cc5ccccc5cc4-c4ccccc4N)c3)c2)C=C(c2ccccc2Nc2cc3ccccc3c3ccccc23)C1. The number of hydrogen-bond acceptors (Lipinski definition) is 2. The van der Waals surface area contributed by atoms with E-state index in [-0.39, 0.29) is 0 Å². The summed E-state index contributed by atoms with van der Waals surface area (Å²) in [7, 11) is 0. The van der Waals surface area contributed by atoms with Gasteiger partial charge in [0.2, 0.25) is 0 Å². The lowest BCUT2D eigenvalue weighted by atomic mass is 9.84. The second kappa shape index (κ2) is 14.5. The van der Waals surface area contributed by atoms with E-state index >= 15 is 0 Å². The molecular formula is C55H42N2. The first-order chi connectivity index (χ1) is 28.1. The smallest absolute Gasteiger partial charge is 0.0470 e. The lowest BCUT2D eigenvalue weighted by Gasteiger charge is -2.23. The standard InChI is InChI=1S/C55H42N2/c1-36-28-44(32-45(29-36)47-22-9-11-27-54(47)57-55-35-43-16-4-5-21-46(43)48-23-6-7-25-50(48)55)39-19-12-17-37(30-39)38-18-13-20-42(31-38)51-33-40-14-2-3-15-41(40)34-52(51)49-24-8-10-26-53(49)56/h2-28,30-36,57H,29,56H2,1H3. The van der Waals surface area contributed by atoms with Crippen LogP contribution in [-0.4, -0.2) is 0 Å². The third kappa shape index (κ3) is 6.56. The van der Waals surface area contributed by atoms with Gasteiger partial charge in [0, 0.05) is 33.6 Å². The largest absolute Gasteiger partial charge is 0.398 e. The molecule has 0 aromatic heterocycles. The van der Waals surface area contributed by atoms with Crippen molar-refractivity contribution in [2.45, 2.75) is 13.3 Å². The molecule has 272 valence electrons. The fraction of sp³-hybridized carbons (Fsp3) is 0.0545. The maximum Gasteiger partial charge on any atom is 0.0470 e. The summed E-state index contributed by atoms with van der Waals surface area (Å²) >= 11 is 0. The molecule has 9 aromatic carbocycles. The molecule has 2 heteroatoms. The predicted molar refractivity (Wildman–Crippen MR) is 246 cm³/mol. The van der Waals surface area contributed by atoms with Gasteiger partial charge in [0.05, 0.1) is 0 Å². The van der Waals surface area contributed by atoms with E-state index < -0.39 is 0 Å². The number of para-hydroxylation sites is 2. The molecule has 0 spiro atoms. The zero-order valence-corrected chi connectivity index (χ0v) is 31.9. The average Bonchev–Trinajstić information content (AvgIpc) is 3.26. The summed E-state index contributed by atoms with van der Waals surface area (Å²) in [6.07, 6.45) is 5.81. The summed E-state index contributed by atoms with van der Waals surface area (Å²) in [6.45, 7) is 2.33. The van der Waals surface area contributed by atoms with E-state index in [2.05, 4.69) is 200 Å². The summed E-state index contributed by atoms with van der Waals surface area (Å²) in [4.78, 5) is 0. The van der Waals surface area contributed by atoms with Crippen LogP contribution >= 0.6 is 0 Å². The van der Waals surface area contributed by atoms with E-state index in [0.717, 1.165) is 40.2 Å². The summed E-state index contributed by atoms with van der Waals surface area (Å²) in [5, 5.41) is 11.3. The Labute approximate surface area is 334 Å². The summed E-state index contributed by atoms with van der Waals surface area (Å²) in [5.74, 6) is 0.387. The van der Waals surface area contributed by atoms with Crippen molar-refractivity contribution < 1.29 is 0 Å². The Kier molecular flexibility index (Phi) is 8.73. The number of fused-ring (bicyclic) bond motifs is 4. The van der Waals surface area contributed by atoms with Gasteiger partial charge in [-0.05, 0) is 126 Å². The fourth-order valence-electron chi connectivity index (χ4n) is 8.74. The van der Waals surface area contributed by atoms with Crippen molar-refractivity contribution in [3.63, 3.8) is 0 Å². The highest BCUT2D eigenvalue weighted by Crippen LogP contribution is 2.42. The van der Waals surface area contributed by atoms with E-state index in [0.29, 0.717) is 5.92 Å². The van der Waals surface area contributed by atoms with Crippen molar-refractivity contribution in [3.8, 4) is 33.4 Å². The van der Waals surface area contributed by atoms with Crippen LogP contribution in [0.4, 0.5) is 17.1 Å². The minimum Gasteiger partial charge on any atom is -0.398 e. The predicted octanol–water partition coefficient (Wildman–Crippen LogP) is 15.0. The minimum atomic E-state index is 0.387. The minimum absolute atomic E-state index is 0.387. The Bertz CT molecular complexity index is 3060. The number of nitrogens with two attached hydrogens (primary N) is 1. The molecule has 0 saturated carbocycles. The van der Waals surface area contributed by atoms with Gasteiger partial charge in [0.15, 0.2) is 0 Å². The molecular weight excluding hydrogens is 689 g/mol. The highest BCUT2D eigenvalue weighted by atomic mass is 14.9. The molecule has 0 saturated heterocycles. The summed E-state index contributed by atoms with van der Waals surface area (Å²) in [6, 6.07) is 67.7. The maximum atomic E-state index is 6.58. The zero-order valence-electron chi connectivity index (χ0n) is 31.9. The Morgan fingerprint density at radius 3 is 1.79 bits per heavy atom. The maximum absolute atomic E-state index is 6.58. The molecule has 1 aliphatic rings. The highest BCUT2D eigenvalue weighted by Gasteiger charge is 2.19. The number of nitrogens with one attached hydrogen (secondary N) is 1. The summed E-state index contributed by atoms with van der Waals surface area (Å²) in [5.41, 5.74) is 21.5. The number of nitrogen functional groups attached to an aromatic ring is 1. The van der Waals surface area contributed by atoms with Crippen molar-refractivity contribution in [2.75, 3.05) is 11.1 Å². The molecule has 2 nitrogen and oxygen atoms in total. The van der Waals surface area contributed by atoms with E-state index in [1.54, 1.807) is 0 Å². The molecule has 1 atom stereocenters. The molecule has 0 radical (unpaired) electrons. The molecule has 0 heterocycles. The van der Waals surface area contributed by atoms with Crippen LogP contribution in [-0.2, 0) is 0 Å². The van der Waals surface area contributed by atoms with E-state index in [9.17, 15) is 0 Å². The fourth-order valence-corrected chi connectivity index (χ4v) is 8.74. The van der Waals surface area contributed by atoms with Gasteiger partial charge in [-0.3, -0.25) is 0 Å². The molecule has 57 heavy (non-hydrogen) atoms. The normalized spacial score (nSPS) is 14.1.